The molecule has 1 atom stereocenters. The van der Waals surface area contributed by atoms with Crippen LogP contribution in [0, 0.1) is 5.92 Å². The maximum absolute atomic E-state index is 5.80. The van der Waals surface area contributed by atoms with Crippen LogP contribution in [0.1, 0.15) is 12.0 Å². The van der Waals surface area contributed by atoms with E-state index in [-0.39, 0.29) is 0 Å². The maximum Gasteiger partial charge on any atom is 0.0406 e. The Kier molecular flexibility index (Phi) is 4.71. The topological polar surface area (TPSA) is 26.0 Å². The van der Waals surface area contributed by atoms with Gasteiger partial charge in [0.15, 0.2) is 0 Å². The predicted molar refractivity (Wildman–Crippen MR) is 62.5 cm³/mol. The smallest absolute Gasteiger partial charge is 0.0406 e. The number of benzene rings is 1. The summed E-state index contributed by atoms with van der Waals surface area (Å²) in [5.74, 6) is 0.473. The molecule has 0 amide bonds. The van der Waals surface area contributed by atoms with Gasteiger partial charge in [0.2, 0.25) is 0 Å². The third-order valence-electron chi connectivity index (χ3n) is 2.28. The standard InChI is InChI=1S/C12H16ClN/c1-2-10(7-8-14)9-11-3-5-12(13)6-4-11/h2-6,10H,1,7-9,14H2. The van der Waals surface area contributed by atoms with E-state index < -0.39 is 0 Å². The van der Waals surface area contributed by atoms with E-state index in [2.05, 4.69) is 18.7 Å². The highest BCUT2D eigenvalue weighted by atomic mass is 35.5. The van der Waals surface area contributed by atoms with Crippen LogP contribution < -0.4 is 5.73 Å². The molecule has 1 rings (SSSR count). The molecule has 0 fully saturated rings. The Labute approximate surface area is 90.6 Å². The highest BCUT2D eigenvalue weighted by Gasteiger charge is 2.04. The average molecular weight is 210 g/mol. The molecule has 76 valence electrons. The van der Waals surface area contributed by atoms with Gasteiger partial charge in [-0.25, -0.2) is 0 Å². The number of allylic oxidation sites excluding steroid dienone is 1. The van der Waals surface area contributed by atoms with Crippen LogP contribution in [0.5, 0.6) is 0 Å². The molecule has 14 heavy (non-hydrogen) atoms. The minimum Gasteiger partial charge on any atom is -0.330 e. The van der Waals surface area contributed by atoms with Gasteiger partial charge in [0, 0.05) is 5.02 Å². The summed E-state index contributed by atoms with van der Waals surface area (Å²) >= 11 is 5.80. The molecule has 2 N–H and O–H groups in total. The lowest BCUT2D eigenvalue weighted by Gasteiger charge is -2.10. The van der Waals surface area contributed by atoms with E-state index >= 15 is 0 Å². The third-order valence-corrected chi connectivity index (χ3v) is 2.53. The van der Waals surface area contributed by atoms with Gasteiger partial charge in [-0.3, -0.25) is 0 Å². The number of nitrogens with two attached hydrogens (primary N) is 1. The second-order valence-electron chi connectivity index (χ2n) is 3.40. The van der Waals surface area contributed by atoms with Crippen molar-refractivity contribution in [3.05, 3.63) is 47.5 Å². The normalized spacial score (nSPS) is 12.4. The first-order valence-corrected chi connectivity index (χ1v) is 5.21. The molecule has 1 aromatic rings. The first kappa shape index (κ1) is 11.3. The van der Waals surface area contributed by atoms with Crippen LogP contribution in [0.3, 0.4) is 0 Å². The molecule has 0 radical (unpaired) electrons. The summed E-state index contributed by atoms with van der Waals surface area (Å²) in [6, 6.07) is 7.93. The predicted octanol–water partition coefficient (Wildman–Crippen LogP) is 3.03. The molecule has 0 saturated heterocycles. The molecule has 0 aliphatic heterocycles. The van der Waals surface area contributed by atoms with E-state index in [1.54, 1.807) is 0 Å². The van der Waals surface area contributed by atoms with Crippen molar-refractivity contribution >= 4 is 11.6 Å². The van der Waals surface area contributed by atoms with Gasteiger partial charge in [0.25, 0.3) is 0 Å². The fourth-order valence-corrected chi connectivity index (χ4v) is 1.57. The van der Waals surface area contributed by atoms with Crippen LogP contribution in [-0.2, 0) is 6.42 Å². The van der Waals surface area contributed by atoms with Crippen LogP contribution in [0.15, 0.2) is 36.9 Å². The van der Waals surface area contributed by atoms with Crippen LogP contribution in [0.25, 0.3) is 0 Å². The van der Waals surface area contributed by atoms with Gasteiger partial charge in [0.05, 0.1) is 0 Å². The second kappa shape index (κ2) is 5.84. The Morgan fingerprint density at radius 3 is 2.50 bits per heavy atom. The van der Waals surface area contributed by atoms with Crippen LogP contribution in [0.4, 0.5) is 0 Å². The van der Waals surface area contributed by atoms with Crippen molar-refractivity contribution in [2.45, 2.75) is 12.8 Å². The van der Waals surface area contributed by atoms with Gasteiger partial charge in [-0.05, 0) is 43.0 Å². The molecule has 0 saturated carbocycles. The Bertz CT molecular complexity index is 279. The summed E-state index contributed by atoms with van der Waals surface area (Å²) in [6.07, 6.45) is 3.96. The molecule has 2 heteroatoms. The quantitative estimate of drug-likeness (QED) is 0.742. The van der Waals surface area contributed by atoms with E-state index in [1.807, 2.05) is 18.2 Å². The van der Waals surface area contributed by atoms with Crippen molar-refractivity contribution in [1.82, 2.24) is 0 Å². The van der Waals surface area contributed by atoms with Crippen LogP contribution in [0.2, 0.25) is 5.02 Å². The summed E-state index contributed by atoms with van der Waals surface area (Å²) in [5.41, 5.74) is 6.80. The third kappa shape index (κ3) is 3.52. The SMILES string of the molecule is C=CC(CCN)Cc1ccc(Cl)cc1. The van der Waals surface area contributed by atoms with E-state index in [1.165, 1.54) is 5.56 Å². The molecule has 1 aromatic carbocycles. The summed E-state index contributed by atoms with van der Waals surface area (Å²) in [6.45, 7) is 4.52. The molecule has 0 aliphatic rings. The van der Waals surface area contributed by atoms with Crippen molar-refractivity contribution in [3.63, 3.8) is 0 Å². The fraction of sp³-hybridized carbons (Fsp3) is 0.333. The highest BCUT2D eigenvalue weighted by Crippen LogP contribution is 2.15. The first-order valence-electron chi connectivity index (χ1n) is 4.83. The van der Waals surface area contributed by atoms with Crippen LogP contribution in [-0.4, -0.2) is 6.54 Å². The Morgan fingerprint density at radius 1 is 1.36 bits per heavy atom. The van der Waals surface area contributed by atoms with Crippen molar-refractivity contribution in [3.8, 4) is 0 Å². The molecule has 1 nitrogen and oxygen atoms in total. The van der Waals surface area contributed by atoms with E-state index in [0.29, 0.717) is 12.5 Å². The van der Waals surface area contributed by atoms with Gasteiger partial charge >= 0.3 is 0 Å². The first-order chi connectivity index (χ1) is 6.76. The largest absolute Gasteiger partial charge is 0.330 e. The Balaban J connectivity index is 2.57. The van der Waals surface area contributed by atoms with Gasteiger partial charge in [-0.2, -0.15) is 0 Å². The highest BCUT2D eigenvalue weighted by molar-refractivity contribution is 6.30. The van der Waals surface area contributed by atoms with Crippen LogP contribution >= 0.6 is 11.6 Å². The van der Waals surface area contributed by atoms with E-state index in [9.17, 15) is 0 Å². The Hall–Kier alpha value is -0.790. The Morgan fingerprint density at radius 2 is 2.00 bits per heavy atom. The molecule has 0 aromatic heterocycles. The van der Waals surface area contributed by atoms with Crippen molar-refractivity contribution in [2.75, 3.05) is 6.54 Å². The zero-order valence-corrected chi connectivity index (χ0v) is 9.00. The molecular formula is C12H16ClN. The zero-order valence-electron chi connectivity index (χ0n) is 8.25. The average Bonchev–Trinajstić information content (AvgIpc) is 2.20. The molecular weight excluding hydrogens is 194 g/mol. The molecule has 0 heterocycles. The minimum absolute atomic E-state index is 0.473. The summed E-state index contributed by atoms with van der Waals surface area (Å²) < 4.78 is 0. The van der Waals surface area contributed by atoms with Gasteiger partial charge in [0.1, 0.15) is 0 Å². The minimum atomic E-state index is 0.473. The fourth-order valence-electron chi connectivity index (χ4n) is 1.44. The molecule has 0 spiro atoms. The summed E-state index contributed by atoms with van der Waals surface area (Å²) in [7, 11) is 0. The van der Waals surface area contributed by atoms with Crippen molar-refractivity contribution < 1.29 is 0 Å². The number of hydrogen-bond donors (Lipinski definition) is 1. The number of rotatable bonds is 5. The molecule has 0 bridgehead atoms. The lowest BCUT2D eigenvalue weighted by Crippen LogP contribution is -2.08. The lowest BCUT2D eigenvalue weighted by molar-refractivity contribution is 0.598. The van der Waals surface area contributed by atoms with Gasteiger partial charge < -0.3 is 5.73 Å². The lowest BCUT2D eigenvalue weighted by atomic mass is 9.96. The molecule has 0 aliphatic carbocycles. The second-order valence-corrected chi connectivity index (χ2v) is 3.84. The molecule has 1 unspecified atom stereocenters. The van der Waals surface area contributed by atoms with Crippen molar-refractivity contribution in [2.24, 2.45) is 11.7 Å². The summed E-state index contributed by atoms with van der Waals surface area (Å²) in [4.78, 5) is 0. The van der Waals surface area contributed by atoms with Gasteiger partial charge in [-0.15, -0.1) is 6.58 Å². The van der Waals surface area contributed by atoms with Gasteiger partial charge in [-0.1, -0.05) is 29.8 Å². The van der Waals surface area contributed by atoms with E-state index in [4.69, 9.17) is 17.3 Å². The summed E-state index contributed by atoms with van der Waals surface area (Å²) in [5, 5.41) is 0.780. The van der Waals surface area contributed by atoms with E-state index in [0.717, 1.165) is 17.9 Å². The number of halogens is 1. The van der Waals surface area contributed by atoms with Crippen molar-refractivity contribution in [1.29, 1.82) is 0 Å². The monoisotopic (exact) mass is 209 g/mol. The number of hydrogen-bond acceptors (Lipinski definition) is 1. The zero-order chi connectivity index (χ0) is 10.4. The maximum atomic E-state index is 5.80.